The van der Waals surface area contributed by atoms with Gasteiger partial charge in [0.05, 0.1) is 12.9 Å². The summed E-state index contributed by atoms with van der Waals surface area (Å²) in [5.74, 6) is 0.804. The molecule has 0 spiro atoms. The summed E-state index contributed by atoms with van der Waals surface area (Å²) < 4.78 is 10.3. The van der Waals surface area contributed by atoms with Gasteiger partial charge in [0.1, 0.15) is 11.5 Å². The molecule has 1 aromatic rings. The highest BCUT2D eigenvalue weighted by atomic mass is 32.2. The van der Waals surface area contributed by atoms with Crippen LogP contribution in [0.2, 0.25) is 0 Å². The Kier molecular flexibility index (Phi) is 7.34. The number of amides is 1. The Labute approximate surface area is 121 Å². The van der Waals surface area contributed by atoms with Crippen LogP contribution >= 0.6 is 11.8 Å². The SMILES string of the molecule is COc1ccc(OCC(=O)NCCSCC(=O)O)cc1. The maximum Gasteiger partial charge on any atom is 0.313 e. The van der Waals surface area contributed by atoms with Gasteiger partial charge in [-0.25, -0.2) is 0 Å². The van der Waals surface area contributed by atoms with Gasteiger partial charge in [-0.05, 0) is 24.3 Å². The van der Waals surface area contributed by atoms with Crippen LogP contribution in [0.5, 0.6) is 11.5 Å². The second kappa shape index (κ2) is 9.08. The second-order valence-electron chi connectivity index (χ2n) is 3.76. The molecular weight excluding hydrogens is 282 g/mol. The summed E-state index contributed by atoms with van der Waals surface area (Å²) >= 11 is 1.25. The van der Waals surface area contributed by atoms with Gasteiger partial charge < -0.3 is 19.9 Å². The van der Waals surface area contributed by atoms with E-state index in [0.29, 0.717) is 18.0 Å². The maximum absolute atomic E-state index is 11.5. The molecule has 0 radical (unpaired) electrons. The lowest BCUT2D eigenvalue weighted by Gasteiger charge is -2.07. The molecule has 6 nitrogen and oxygen atoms in total. The van der Waals surface area contributed by atoms with Gasteiger partial charge in [0, 0.05) is 12.3 Å². The minimum atomic E-state index is -0.857. The predicted molar refractivity (Wildman–Crippen MR) is 76.5 cm³/mol. The summed E-state index contributed by atoms with van der Waals surface area (Å²) in [5, 5.41) is 11.1. The minimum absolute atomic E-state index is 0.0399. The van der Waals surface area contributed by atoms with E-state index in [-0.39, 0.29) is 18.3 Å². The van der Waals surface area contributed by atoms with Crippen LogP contribution in [-0.4, -0.2) is 48.8 Å². The normalized spacial score (nSPS) is 9.85. The van der Waals surface area contributed by atoms with E-state index in [1.807, 2.05) is 0 Å². The Balaban J connectivity index is 2.14. The van der Waals surface area contributed by atoms with Crippen LogP contribution in [0.25, 0.3) is 0 Å². The molecule has 1 aromatic carbocycles. The topological polar surface area (TPSA) is 84.9 Å². The van der Waals surface area contributed by atoms with Crippen molar-refractivity contribution in [1.29, 1.82) is 0 Å². The highest BCUT2D eigenvalue weighted by Crippen LogP contribution is 2.16. The largest absolute Gasteiger partial charge is 0.497 e. The fraction of sp³-hybridized carbons (Fsp3) is 0.385. The highest BCUT2D eigenvalue weighted by molar-refractivity contribution is 7.99. The van der Waals surface area contributed by atoms with Crippen molar-refractivity contribution in [3.05, 3.63) is 24.3 Å². The molecule has 0 atom stereocenters. The van der Waals surface area contributed by atoms with Gasteiger partial charge in [0.2, 0.25) is 0 Å². The maximum atomic E-state index is 11.5. The molecule has 0 unspecified atom stereocenters. The molecule has 0 bridgehead atoms. The van der Waals surface area contributed by atoms with Crippen LogP contribution in [0.1, 0.15) is 0 Å². The van der Waals surface area contributed by atoms with Crippen LogP contribution in [-0.2, 0) is 9.59 Å². The number of thioether (sulfide) groups is 1. The van der Waals surface area contributed by atoms with E-state index in [9.17, 15) is 9.59 Å². The van der Waals surface area contributed by atoms with E-state index in [4.69, 9.17) is 14.6 Å². The molecule has 110 valence electrons. The number of rotatable bonds is 9. The molecule has 1 rings (SSSR count). The predicted octanol–water partition coefficient (Wildman–Crippen LogP) is 1.01. The van der Waals surface area contributed by atoms with E-state index in [1.54, 1.807) is 31.4 Å². The molecule has 7 heteroatoms. The quantitative estimate of drug-likeness (QED) is 0.662. The van der Waals surface area contributed by atoms with Crippen LogP contribution < -0.4 is 14.8 Å². The van der Waals surface area contributed by atoms with Gasteiger partial charge in [-0.15, -0.1) is 11.8 Å². The zero-order chi connectivity index (χ0) is 14.8. The first kappa shape index (κ1) is 16.2. The van der Waals surface area contributed by atoms with Gasteiger partial charge >= 0.3 is 5.97 Å². The first-order valence-electron chi connectivity index (χ1n) is 5.95. The third kappa shape index (κ3) is 6.89. The standard InChI is InChI=1S/C13H17NO5S/c1-18-10-2-4-11(5-3-10)19-8-12(15)14-6-7-20-9-13(16)17/h2-5H,6-9H2,1H3,(H,14,15)(H,16,17). The summed E-state index contributed by atoms with van der Waals surface area (Å²) in [6, 6.07) is 6.93. The zero-order valence-electron chi connectivity index (χ0n) is 11.1. The number of hydrogen-bond donors (Lipinski definition) is 2. The van der Waals surface area contributed by atoms with Crippen molar-refractivity contribution in [3.63, 3.8) is 0 Å². The van der Waals surface area contributed by atoms with Gasteiger partial charge in [0.25, 0.3) is 5.91 Å². The number of carbonyl (C=O) groups excluding carboxylic acids is 1. The van der Waals surface area contributed by atoms with E-state index in [0.717, 1.165) is 5.75 Å². The molecule has 0 saturated heterocycles. The van der Waals surface area contributed by atoms with Gasteiger partial charge in [-0.2, -0.15) is 0 Å². The first-order valence-corrected chi connectivity index (χ1v) is 7.10. The van der Waals surface area contributed by atoms with Crippen molar-refractivity contribution in [3.8, 4) is 11.5 Å². The Hall–Kier alpha value is -1.89. The average molecular weight is 299 g/mol. The fourth-order valence-corrected chi connectivity index (χ4v) is 1.86. The average Bonchev–Trinajstić information content (AvgIpc) is 2.45. The molecule has 0 saturated carbocycles. The lowest BCUT2D eigenvalue weighted by Crippen LogP contribution is -2.30. The van der Waals surface area contributed by atoms with Crippen LogP contribution in [0.4, 0.5) is 0 Å². The van der Waals surface area contributed by atoms with Crippen molar-refractivity contribution in [1.82, 2.24) is 5.32 Å². The third-order valence-electron chi connectivity index (χ3n) is 2.22. The molecule has 0 fully saturated rings. The summed E-state index contributed by atoms with van der Waals surface area (Å²) in [5.41, 5.74) is 0. The van der Waals surface area contributed by atoms with Gasteiger partial charge in [-0.1, -0.05) is 0 Å². The number of methoxy groups -OCH3 is 1. The van der Waals surface area contributed by atoms with E-state index in [1.165, 1.54) is 11.8 Å². The Morgan fingerprint density at radius 3 is 2.50 bits per heavy atom. The van der Waals surface area contributed by atoms with Crippen molar-refractivity contribution < 1.29 is 24.2 Å². The number of aliphatic carboxylic acids is 1. The van der Waals surface area contributed by atoms with Crippen molar-refractivity contribution >= 4 is 23.6 Å². The molecule has 0 aliphatic carbocycles. The molecule has 2 N–H and O–H groups in total. The zero-order valence-corrected chi connectivity index (χ0v) is 11.9. The molecule has 20 heavy (non-hydrogen) atoms. The number of carboxylic acid groups (broad SMARTS) is 1. The smallest absolute Gasteiger partial charge is 0.313 e. The lowest BCUT2D eigenvalue weighted by atomic mass is 10.3. The lowest BCUT2D eigenvalue weighted by molar-refractivity contribution is -0.133. The van der Waals surface area contributed by atoms with Crippen LogP contribution in [0.3, 0.4) is 0 Å². The Bertz CT molecular complexity index is 435. The molecular formula is C13H17NO5S. The second-order valence-corrected chi connectivity index (χ2v) is 4.87. The van der Waals surface area contributed by atoms with Crippen LogP contribution in [0.15, 0.2) is 24.3 Å². The van der Waals surface area contributed by atoms with Crippen molar-refractivity contribution in [2.45, 2.75) is 0 Å². The Morgan fingerprint density at radius 2 is 1.90 bits per heavy atom. The molecule has 0 aliphatic heterocycles. The highest BCUT2D eigenvalue weighted by Gasteiger charge is 2.03. The number of hydrogen-bond acceptors (Lipinski definition) is 5. The molecule has 1 amide bonds. The molecule has 0 aliphatic rings. The summed E-state index contributed by atoms with van der Waals surface area (Å²) in [7, 11) is 1.58. The first-order chi connectivity index (χ1) is 9.61. The number of nitrogens with one attached hydrogen (secondary N) is 1. The van der Waals surface area contributed by atoms with Crippen molar-refractivity contribution in [2.24, 2.45) is 0 Å². The summed E-state index contributed by atoms with van der Waals surface area (Å²) in [6.45, 7) is 0.346. The van der Waals surface area contributed by atoms with E-state index < -0.39 is 5.97 Å². The monoisotopic (exact) mass is 299 g/mol. The summed E-state index contributed by atoms with van der Waals surface area (Å²) in [6.07, 6.45) is 0. The molecule has 0 aromatic heterocycles. The Morgan fingerprint density at radius 1 is 1.25 bits per heavy atom. The summed E-state index contributed by atoms with van der Waals surface area (Å²) in [4.78, 5) is 21.7. The van der Waals surface area contributed by atoms with Gasteiger partial charge in [-0.3, -0.25) is 9.59 Å². The fourth-order valence-electron chi connectivity index (χ4n) is 1.29. The third-order valence-corrected chi connectivity index (χ3v) is 3.17. The van der Waals surface area contributed by atoms with E-state index >= 15 is 0 Å². The van der Waals surface area contributed by atoms with Crippen LogP contribution in [0, 0.1) is 0 Å². The minimum Gasteiger partial charge on any atom is -0.497 e. The van der Waals surface area contributed by atoms with Crippen molar-refractivity contribution in [2.75, 3.05) is 31.8 Å². The molecule has 0 heterocycles. The number of ether oxygens (including phenoxy) is 2. The number of carboxylic acids is 1. The van der Waals surface area contributed by atoms with E-state index in [2.05, 4.69) is 5.32 Å². The van der Waals surface area contributed by atoms with Gasteiger partial charge in [0.15, 0.2) is 6.61 Å². The number of carbonyl (C=O) groups is 2. The number of benzene rings is 1.